The second-order valence-corrected chi connectivity index (χ2v) is 5.13. The van der Waals surface area contributed by atoms with Gasteiger partial charge in [0.05, 0.1) is 19.4 Å². The number of rotatable bonds is 6. The first-order valence-corrected chi connectivity index (χ1v) is 6.90. The molecule has 0 aliphatic rings. The maximum absolute atomic E-state index is 12.0. The molecular weight excluding hydrogens is 282 g/mol. The molecule has 2 amide bonds. The van der Waals surface area contributed by atoms with E-state index in [1.165, 1.54) is 0 Å². The van der Waals surface area contributed by atoms with E-state index in [0.29, 0.717) is 30.1 Å². The van der Waals surface area contributed by atoms with Crippen LogP contribution in [0.2, 0.25) is 0 Å². The van der Waals surface area contributed by atoms with Crippen LogP contribution in [0.5, 0.6) is 0 Å². The van der Waals surface area contributed by atoms with Gasteiger partial charge in [0, 0.05) is 11.3 Å². The molecule has 6 nitrogen and oxygen atoms in total. The van der Waals surface area contributed by atoms with Crippen molar-refractivity contribution in [3.63, 3.8) is 0 Å². The third kappa shape index (κ3) is 4.75. The number of hydrogen-bond donors (Lipinski definition) is 2. The molecule has 2 aromatic rings. The number of benzene rings is 1. The van der Waals surface area contributed by atoms with Crippen LogP contribution in [0.1, 0.15) is 16.1 Å². The lowest BCUT2D eigenvalue weighted by atomic mass is 10.2. The van der Waals surface area contributed by atoms with Crippen LogP contribution in [0.4, 0.5) is 5.69 Å². The zero-order valence-corrected chi connectivity index (χ0v) is 12.6. The monoisotopic (exact) mass is 301 g/mol. The Labute approximate surface area is 129 Å². The topological polar surface area (TPSA) is 74.6 Å². The van der Waals surface area contributed by atoms with E-state index in [-0.39, 0.29) is 11.8 Å². The molecule has 0 fully saturated rings. The summed E-state index contributed by atoms with van der Waals surface area (Å²) in [6.07, 6.45) is 1.56. The molecule has 2 N–H and O–H groups in total. The fraction of sp³-hybridized carbons (Fsp3) is 0.250. The second-order valence-electron chi connectivity index (χ2n) is 5.13. The highest BCUT2D eigenvalue weighted by Crippen LogP contribution is 2.10. The average molecular weight is 301 g/mol. The van der Waals surface area contributed by atoms with Crippen molar-refractivity contribution in [2.45, 2.75) is 6.54 Å². The number of hydrogen-bond acceptors (Lipinski definition) is 4. The van der Waals surface area contributed by atoms with Crippen LogP contribution in [-0.2, 0) is 11.3 Å². The first kappa shape index (κ1) is 15.8. The summed E-state index contributed by atoms with van der Waals surface area (Å²) < 4.78 is 5.15. The predicted molar refractivity (Wildman–Crippen MR) is 83.5 cm³/mol. The molecule has 0 radical (unpaired) electrons. The number of anilines is 1. The van der Waals surface area contributed by atoms with Crippen LogP contribution in [0.25, 0.3) is 0 Å². The van der Waals surface area contributed by atoms with Gasteiger partial charge in [-0.1, -0.05) is 0 Å². The Kier molecular flexibility index (Phi) is 5.32. The van der Waals surface area contributed by atoms with Gasteiger partial charge < -0.3 is 20.0 Å². The van der Waals surface area contributed by atoms with E-state index in [2.05, 4.69) is 10.6 Å². The Morgan fingerprint density at radius 1 is 1.14 bits per heavy atom. The molecule has 0 unspecified atom stereocenters. The van der Waals surface area contributed by atoms with Crippen LogP contribution >= 0.6 is 0 Å². The molecule has 0 atom stereocenters. The summed E-state index contributed by atoms with van der Waals surface area (Å²) in [7, 11) is 3.65. The van der Waals surface area contributed by atoms with Crippen molar-refractivity contribution >= 4 is 17.5 Å². The van der Waals surface area contributed by atoms with Gasteiger partial charge in [0.15, 0.2) is 0 Å². The van der Waals surface area contributed by atoms with E-state index in [1.54, 1.807) is 47.6 Å². The van der Waals surface area contributed by atoms with Crippen molar-refractivity contribution in [1.29, 1.82) is 0 Å². The van der Waals surface area contributed by atoms with Crippen LogP contribution in [0.3, 0.4) is 0 Å². The maximum Gasteiger partial charge on any atom is 0.251 e. The molecule has 0 bridgehead atoms. The van der Waals surface area contributed by atoms with Gasteiger partial charge in [0.2, 0.25) is 5.91 Å². The molecule has 0 spiro atoms. The van der Waals surface area contributed by atoms with Gasteiger partial charge in [-0.25, -0.2) is 0 Å². The minimum atomic E-state index is -0.192. The molecule has 1 aromatic heterocycles. The highest BCUT2D eigenvalue weighted by atomic mass is 16.3. The van der Waals surface area contributed by atoms with Gasteiger partial charge in [0.1, 0.15) is 5.76 Å². The Balaban J connectivity index is 1.88. The standard InChI is InChI=1S/C16H19N3O3/c1-19(2)11-15(20)18-13-7-5-12(6-8-13)16(21)17-10-14-4-3-9-22-14/h3-9H,10-11H2,1-2H3,(H,17,21)(H,18,20). The summed E-state index contributed by atoms with van der Waals surface area (Å²) in [4.78, 5) is 25.4. The fourth-order valence-electron chi connectivity index (χ4n) is 1.88. The summed E-state index contributed by atoms with van der Waals surface area (Å²) in [5, 5.41) is 5.53. The number of carbonyl (C=O) groups excluding carboxylic acids is 2. The van der Waals surface area contributed by atoms with Gasteiger partial charge in [-0.05, 0) is 50.5 Å². The zero-order chi connectivity index (χ0) is 15.9. The predicted octanol–water partition coefficient (Wildman–Crippen LogP) is 1.71. The fourth-order valence-corrected chi connectivity index (χ4v) is 1.88. The third-order valence-corrected chi connectivity index (χ3v) is 2.89. The average Bonchev–Trinajstić information content (AvgIpc) is 2.98. The van der Waals surface area contributed by atoms with Crippen molar-refractivity contribution in [2.75, 3.05) is 26.0 Å². The maximum atomic E-state index is 12.0. The summed E-state index contributed by atoms with van der Waals surface area (Å²) in [6.45, 7) is 0.651. The lowest BCUT2D eigenvalue weighted by molar-refractivity contribution is -0.116. The molecule has 6 heteroatoms. The third-order valence-electron chi connectivity index (χ3n) is 2.89. The molecule has 0 saturated heterocycles. The summed E-state index contributed by atoms with van der Waals surface area (Å²) >= 11 is 0. The van der Waals surface area contributed by atoms with E-state index < -0.39 is 0 Å². The second kappa shape index (κ2) is 7.42. The Morgan fingerprint density at radius 2 is 1.86 bits per heavy atom. The van der Waals surface area contributed by atoms with E-state index >= 15 is 0 Å². The van der Waals surface area contributed by atoms with E-state index in [4.69, 9.17) is 4.42 Å². The number of amides is 2. The molecule has 0 aliphatic heterocycles. The first-order chi connectivity index (χ1) is 10.5. The van der Waals surface area contributed by atoms with Gasteiger partial charge in [-0.3, -0.25) is 9.59 Å². The van der Waals surface area contributed by atoms with Crippen molar-refractivity contribution in [1.82, 2.24) is 10.2 Å². The van der Waals surface area contributed by atoms with Gasteiger partial charge in [-0.15, -0.1) is 0 Å². The minimum Gasteiger partial charge on any atom is -0.467 e. The number of nitrogens with zero attached hydrogens (tertiary/aromatic N) is 1. The number of furan rings is 1. The van der Waals surface area contributed by atoms with Gasteiger partial charge >= 0.3 is 0 Å². The molecule has 0 aliphatic carbocycles. The van der Waals surface area contributed by atoms with E-state index in [1.807, 2.05) is 14.1 Å². The first-order valence-electron chi connectivity index (χ1n) is 6.90. The molecule has 0 saturated carbocycles. The van der Waals surface area contributed by atoms with Crippen LogP contribution < -0.4 is 10.6 Å². The lowest BCUT2D eigenvalue weighted by Gasteiger charge is -2.10. The van der Waals surface area contributed by atoms with Crippen molar-refractivity contribution in [2.24, 2.45) is 0 Å². The minimum absolute atomic E-state index is 0.0972. The molecule has 1 heterocycles. The summed E-state index contributed by atoms with van der Waals surface area (Å²) in [6, 6.07) is 10.3. The highest BCUT2D eigenvalue weighted by Gasteiger charge is 2.07. The Morgan fingerprint density at radius 3 is 2.45 bits per heavy atom. The van der Waals surface area contributed by atoms with Crippen LogP contribution in [-0.4, -0.2) is 37.4 Å². The summed E-state index contributed by atoms with van der Waals surface area (Å²) in [5.41, 5.74) is 1.19. The summed E-state index contributed by atoms with van der Waals surface area (Å²) in [5.74, 6) is 0.406. The van der Waals surface area contributed by atoms with E-state index in [9.17, 15) is 9.59 Å². The van der Waals surface area contributed by atoms with Gasteiger partial charge in [0.25, 0.3) is 5.91 Å². The largest absolute Gasteiger partial charge is 0.467 e. The Hall–Kier alpha value is -2.60. The van der Waals surface area contributed by atoms with E-state index in [0.717, 1.165) is 0 Å². The molecule has 1 aromatic carbocycles. The Bertz CT molecular complexity index is 619. The molecule has 22 heavy (non-hydrogen) atoms. The zero-order valence-electron chi connectivity index (χ0n) is 12.6. The number of carbonyl (C=O) groups is 2. The molecule has 116 valence electrons. The smallest absolute Gasteiger partial charge is 0.251 e. The number of likely N-dealkylation sites (N-methyl/N-ethyl adjacent to an activating group) is 1. The van der Waals surface area contributed by atoms with Crippen molar-refractivity contribution in [3.8, 4) is 0 Å². The SMILES string of the molecule is CN(C)CC(=O)Nc1ccc(C(=O)NCc2ccco2)cc1. The molecule has 2 rings (SSSR count). The van der Waals surface area contributed by atoms with Crippen molar-refractivity contribution in [3.05, 3.63) is 54.0 Å². The van der Waals surface area contributed by atoms with Crippen LogP contribution in [0.15, 0.2) is 47.1 Å². The number of nitrogens with one attached hydrogen (secondary N) is 2. The van der Waals surface area contributed by atoms with Crippen LogP contribution in [0, 0.1) is 0 Å². The molecular formula is C16H19N3O3. The lowest BCUT2D eigenvalue weighted by Crippen LogP contribution is -2.27. The highest BCUT2D eigenvalue weighted by molar-refractivity contribution is 5.96. The van der Waals surface area contributed by atoms with Crippen molar-refractivity contribution < 1.29 is 14.0 Å². The quantitative estimate of drug-likeness (QED) is 0.852. The normalized spacial score (nSPS) is 10.5. The van der Waals surface area contributed by atoms with Gasteiger partial charge in [-0.2, -0.15) is 0 Å².